The summed E-state index contributed by atoms with van der Waals surface area (Å²) in [5, 5.41) is 2.58. The maximum absolute atomic E-state index is 13.0. The Morgan fingerprint density at radius 1 is 1.22 bits per heavy atom. The summed E-state index contributed by atoms with van der Waals surface area (Å²) in [7, 11) is 1.59. The number of carbonyl (C=O) groups is 2. The fourth-order valence-corrected chi connectivity index (χ4v) is 3.43. The van der Waals surface area contributed by atoms with Crippen LogP contribution in [0.2, 0.25) is 0 Å². The maximum atomic E-state index is 13.0. The normalized spacial score (nSPS) is 16.8. The molecule has 3 rings (SSSR count). The van der Waals surface area contributed by atoms with Crippen LogP contribution in [0.25, 0.3) is 0 Å². The van der Waals surface area contributed by atoms with Crippen molar-refractivity contribution in [3.8, 4) is 0 Å². The number of likely N-dealkylation sites (tertiary alicyclic amines) is 1. The molecule has 6 heteroatoms. The molecule has 1 aromatic heterocycles. The van der Waals surface area contributed by atoms with Crippen LogP contribution >= 0.6 is 0 Å². The van der Waals surface area contributed by atoms with Crippen LogP contribution in [-0.4, -0.2) is 41.8 Å². The van der Waals surface area contributed by atoms with E-state index in [9.17, 15) is 14.0 Å². The van der Waals surface area contributed by atoms with Crippen molar-refractivity contribution in [2.75, 3.05) is 20.1 Å². The molecule has 0 radical (unpaired) electrons. The molecule has 0 bridgehead atoms. The Morgan fingerprint density at radius 3 is 2.67 bits per heavy atom. The minimum absolute atomic E-state index is 0.117. The fourth-order valence-electron chi connectivity index (χ4n) is 3.43. The van der Waals surface area contributed by atoms with Crippen molar-refractivity contribution in [2.24, 2.45) is 0 Å². The van der Waals surface area contributed by atoms with Gasteiger partial charge in [-0.3, -0.25) is 14.6 Å². The lowest BCUT2D eigenvalue weighted by Gasteiger charge is -2.32. The molecule has 0 aliphatic carbocycles. The highest BCUT2D eigenvalue weighted by Gasteiger charge is 2.25. The summed E-state index contributed by atoms with van der Waals surface area (Å²) in [4.78, 5) is 30.5. The minimum Gasteiger partial charge on any atom is -0.355 e. The van der Waals surface area contributed by atoms with Crippen LogP contribution < -0.4 is 5.32 Å². The van der Waals surface area contributed by atoms with Crippen LogP contribution in [0.15, 0.2) is 42.6 Å². The van der Waals surface area contributed by atoms with Crippen LogP contribution in [0.1, 0.15) is 46.8 Å². The predicted molar refractivity (Wildman–Crippen MR) is 101 cm³/mol. The van der Waals surface area contributed by atoms with E-state index in [-0.39, 0.29) is 23.5 Å². The van der Waals surface area contributed by atoms with E-state index >= 15 is 0 Å². The summed E-state index contributed by atoms with van der Waals surface area (Å²) in [5.41, 5.74) is 2.41. The Bertz CT molecular complexity index is 790. The number of aromatic nitrogens is 1. The lowest BCUT2D eigenvalue weighted by molar-refractivity contribution is -0.132. The Kier molecular flexibility index (Phi) is 6.16. The Labute approximate surface area is 158 Å². The zero-order chi connectivity index (χ0) is 19.2. The molecule has 1 fully saturated rings. The third kappa shape index (κ3) is 4.90. The first-order chi connectivity index (χ1) is 13.1. The molecule has 1 unspecified atom stereocenters. The van der Waals surface area contributed by atoms with Gasteiger partial charge in [0.15, 0.2) is 0 Å². The van der Waals surface area contributed by atoms with Gasteiger partial charge in [-0.25, -0.2) is 4.39 Å². The molecule has 1 N–H and O–H groups in total. The van der Waals surface area contributed by atoms with Crippen molar-refractivity contribution < 1.29 is 14.0 Å². The number of piperidine rings is 1. The summed E-state index contributed by atoms with van der Waals surface area (Å²) >= 11 is 0. The third-order valence-corrected chi connectivity index (χ3v) is 5.01. The number of nitrogens with one attached hydrogen (secondary N) is 1. The minimum atomic E-state index is -0.265. The van der Waals surface area contributed by atoms with Gasteiger partial charge in [0, 0.05) is 44.4 Å². The van der Waals surface area contributed by atoms with Crippen molar-refractivity contribution in [1.29, 1.82) is 0 Å². The molecule has 0 spiro atoms. The van der Waals surface area contributed by atoms with Crippen molar-refractivity contribution >= 4 is 11.8 Å². The molecule has 0 saturated carbocycles. The summed E-state index contributed by atoms with van der Waals surface area (Å²) in [6.45, 7) is 1.41. The number of aryl methyl sites for hydroxylation is 1. The van der Waals surface area contributed by atoms with Crippen LogP contribution in [0.5, 0.6) is 0 Å². The first kappa shape index (κ1) is 19.0. The van der Waals surface area contributed by atoms with Crippen molar-refractivity contribution in [3.05, 3.63) is 65.2 Å². The van der Waals surface area contributed by atoms with E-state index in [4.69, 9.17) is 0 Å². The molecular weight excluding hydrogens is 345 g/mol. The number of carbonyl (C=O) groups excluding carboxylic acids is 2. The number of rotatable bonds is 5. The molecule has 2 aromatic rings. The second kappa shape index (κ2) is 8.75. The van der Waals surface area contributed by atoms with Gasteiger partial charge in [-0.2, -0.15) is 0 Å². The summed E-state index contributed by atoms with van der Waals surface area (Å²) in [6.07, 6.45) is 4.53. The van der Waals surface area contributed by atoms with E-state index in [2.05, 4.69) is 10.3 Å². The molecule has 1 aliphatic rings. The van der Waals surface area contributed by atoms with Crippen LogP contribution in [-0.2, 0) is 11.2 Å². The largest absolute Gasteiger partial charge is 0.355 e. The first-order valence-electron chi connectivity index (χ1n) is 9.27. The number of halogens is 1. The van der Waals surface area contributed by atoms with Gasteiger partial charge in [-0.05, 0) is 49.1 Å². The van der Waals surface area contributed by atoms with Gasteiger partial charge in [-0.1, -0.05) is 12.1 Å². The van der Waals surface area contributed by atoms with E-state index in [1.165, 1.54) is 12.1 Å². The highest BCUT2D eigenvalue weighted by atomic mass is 19.1. The molecule has 2 amide bonds. The average Bonchev–Trinajstić information content (AvgIpc) is 2.72. The number of hydrogen-bond donors (Lipinski definition) is 1. The lowest BCUT2D eigenvalue weighted by Crippen LogP contribution is -2.39. The van der Waals surface area contributed by atoms with Crippen LogP contribution in [0.3, 0.4) is 0 Å². The van der Waals surface area contributed by atoms with Crippen LogP contribution in [0.4, 0.5) is 4.39 Å². The quantitative estimate of drug-likeness (QED) is 0.881. The molecule has 5 nitrogen and oxygen atoms in total. The van der Waals surface area contributed by atoms with E-state index in [1.54, 1.807) is 31.4 Å². The number of amides is 2. The molecular formula is C21H24FN3O2. The number of nitrogens with zero attached hydrogens (tertiary/aromatic N) is 2. The predicted octanol–water partition coefficient (Wildman–Crippen LogP) is 2.92. The number of pyridine rings is 1. The molecule has 27 heavy (non-hydrogen) atoms. The Morgan fingerprint density at radius 2 is 2.00 bits per heavy atom. The van der Waals surface area contributed by atoms with Crippen LogP contribution in [0, 0.1) is 5.82 Å². The van der Waals surface area contributed by atoms with Gasteiger partial charge in [0.1, 0.15) is 5.82 Å². The zero-order valence-electron chi connectivity index (χ0n) is 15.5. The first-order valence-corrected chi connectivity index (χ1v) is 9.27. The SMILES string of the molecule is CNC(=O)c1ccc(C2CCCN(C(=O)CCc3ccc(F)cc3)C2)nc1. The Balaban J connectivity index is 1.57. The second-order valence-electron chi connectivity index (χ2n) is 6.86. The topological polar surface area (TPSA) is 62.3 Å². The highest BCUT2D eigenvalue weighted by Crippen LogP contribution is 2.26. The van der Waals surface area contributed by atoms with E-state index < -0.39 is 0 Å². The second-order valence-corrected chi connectivity index (χ2v) is 6.86. The Hall–Kier alpha value is -2.76. The fraction of sp³-hybridized carbons (Fsp3) is 0.381. The van der Waals surface area contributed by atoms with Crippen molar-refractivity contribution in [2.45, 2.75) is 31.6 Å². The van der Waals surface area contributed by atoms with E-state index in [0.29, 0.717) is 24.9 Å². The van der Waals surface area contributed by atoms with Gasteiger partial charge in [0.05, 0.1) is 5.56 Å². The number of benzene rings is 1. The average molecular weight is 369 g/mol. The highest BCUT2D eigenvalue weighted by molar-refractivity contribution is 5.93. The van der Waals surface area contributed by atoms with E-state index in [0.717, 1.165) is 30.6 Å². The molecule has 142 valence electrons. The molecule has 1 saturated heterocycles. The molecule has 1 atom stereocenters. The maximum Gasteiger partial charge on any atom is 0.252 e. The van der Waals surface area contributed by atoms with Gasteiger partial charge in [-0.15, -0.1) is 0 Å². The van der Waals surface area contributed by atoms with E-state index in [1.807, 2.05) is 11.0 Å². The standard InChI is InChI=1S/C21H24FN3O2/c1-23-21(27)16-7-10-19(24-13-16)17-3-2-12-25(14-17)20(26)11-6-15-4-8-18(22)9-5-15/h4-5,7-10,13,17H,2-3,6,11-12,14H2,1H3,(H,23,27). The smallest absolute Gasteiger partial charge is 0.252 e. The molecule has 1 aliphatic heterocycles. The van der Waals surface area contributed by atoms with Gasteiger partial charge >= 0.3 is 0 Å². The summed E-state index contributed by atoms with van der Waals surface area (Å²) < 4.78 is 13.0. The van der Waals surface area contributed by atoms with Gasteiger partial charge < -0.3 is 10.2 Å². The third-order valence-electron chi connectivity index (χ3n) is 5.01. The van der Waals surface area contributed by atoms with Crippen molar-refractivity contribution in [3.63, 3.8) is 0 Å². The van der Waals surface area contributed by atoms with Crippen molar-refractivity contribution in [1.82, 2.24) is 15.2 Å². The lowest BCUT2D eigenvalue weighted by atomic mass is 9.93. The zero-order valence-corrected chi connectivity index (χ0v) is 15.5. The molecule has 1 aromatic carbocycles. The van der Waals surface area contributed by atoms with Gasteiger partial charge in [0.2, 0.25) is 5.91 Å². The van der Waals surface area contributed by atoms with Gasteiger partial charge in [0.25, 0.3) is 5.91 Å². The summed E-state index contributed by atoms with van der Waals surface area (Å²) in [6, 6.07) is 9.94. The summed E-state index contributed by atoms with van der Waals surface area (Å²) in [5.74, 6) is -0.118. The monoisotopic (exact) mass is 369 g/mol. The number of hydrogen-bond acceptors (Lipinski definition) is 3. The molecule has 2 heterocycles.